The molecule has 0 spiro atoms. The molecule has 0 bridgehead atoms. The van der Waals surface area contributed by atoms with Crippen molar-refractivity contribution in [3.63, 3.8) is 0 Å². The quantitative estimate of drug-likeness (QED) is 0.630. The lowest BCUT2D eigenvalue weighted by Crippen LogP contribution is -2.32. The minimum absolute atomic E-state index is 0.0803. The Hall–Kier alpha value is -0.760. The van der Waals surface area contributed by atoms with Crippen molar-refractivity contribution >= 4 is 0 Å². The van der Waals surface area contributed by atoms with Gasteiger partial charge in [0.05, 0.1) is 6.61 Å². The maximum atomic E-state index is 5.71. The third-order valence-electron chi connectivity index (χ3n) is 3.76. The van der Waals surface area contributed by atoms with Gasteiger partial charge < -0.3 is 9.47 Å². The first-order chi connectivity index (χ1) is 7.66. The molecule has 1 aliphatic heterocycles. The Morgan fingerprint density at radius 2 is 1.94 bits per heavy atom. The predicted octanol–water partition coefficient (Wildman–Crippen LogP) is 3.65. The molecule has 0 aromatic rings. The highest BCUT2D eigenvalue weighted by Crippen LogP contribution is 2.33. The monoisotopic (exact) mass is 222 g/mol. The van der Waals surface area contributed by atoms with Crippen LogP contribution in [0.15, 0.2) is 24.5 Å². The first-order valence-corrected chi connectivity index (χ1v) is 6.32. The second-order valence-corrected chi connectivity index (χ2v) is 5.20. The van der Waals surface area contributed by atoms with Gasteiger partial charge in [0.15, 0.2) is 0 Å². The van der Waals surface area contributed by atoms with Crippen molar-refractivity contribution in [1.82, 2.24) is 0 Å². The molecule has 16 heavy (non-hydrogen) atoms. The lowest BCUT2D eigenvalue weighted by Gasteiger charge is -2.32. The van der Waals surface area contributed by atoms with E-state index >= 15 is 0 Å². The molecule has 1 aliphatic carbocycles. The van der Waals surface area contributed by atoms with Crippen molar-refractivity contribution in [2.75, 3.05) is 6.61 Å². The summed E-state index contributed by atoms with van der Waals surface area (Å²) in [5, 5.41) is 0. The third-order valence-corrected chi connectivity index (χ3v) is 3.76. The van der Waals surface area contributed by atoms with Crippen LogP contribution < -0.4 is 0 Å². The summed E-state index contributed by atoms with van der Waals surface area (Å²) in [5.74, 6) is 2.11. The van der Waals surface area contributed by atoms with Crippen LogP contribution in [0, 0.1) is 11.8 Å². The fourth-order valence-corrected chi connectivity index (χ4v) is 2.54. The van der Waals surface area contributed by atoms with E-state index in [1.54, 1.807) is 0 Å². The zero-order chi connectivity index (χ0) is 11.5. The molecule has 2 fully saturated rings. The van der Waals surface area contributed by atoms with E-state index in [0.717, 1.165) is 11.5 Å². The van der Waals surface area contributed by atoms with E-state index in [1.807, 2.05) is 0 Å². The van der Waals surface area contributed by atoms with Crippen molar-refractivity contribution in [1.29, 1.82) is 0 Å². The van der Waals surface area contributed by atoms with Crippen molar-refractivity contribution < 1.29 is 9.47 Å². The first-order valence-electron chi connectivity index (χ1n) is 6.32. The average Bonchev–Trinajstić information content (AvgIpc) is 2.47. The van der Waals surface area contributed by atoms with Gasteiger partial charge >= 0.3 is 0 Å². The first kappa shape index (κ1) is 11.7. The van der Waals surface area contributed by atoms with Gasteiger partial charge in [0, 0.05) is 11.5 Å². The predicted molar refractivity (Wildman–Crippen MR) is 64.8 cm³/mol. The Morgan fingerprint density at radius 1 is 1.12 bits per heavy atom. The van der Waals surface area contributed by atoms with Crippen molar-refractivity contribution in [2.24, 2.45) is 11.8 Å². The normalized spacial score (nSPS) is 36.7. The molecule has 90 valence electrons. The Labute approximate surface area is 98.3 Å². The summed E-state index contributed by atoms with van der Waals surface area (Å²) in [6.07, 6.45) is 6.28. The number of ether oxygens (including phenoxy) is 2. The molecule has 0 aromatic carbocycles. The fraction of sp³-hybridized carbons (Fsp3) is 0.714. The zero-order valence-corrected chi connectivity index (χ0v) is 10.2. The van der Waals surface area contributed by atoms with Gasteiger partial charge in [0.25, 0.3) is 0 Å². The largest absolute Gasteiger partial charge is 0.465 e. The summed E-state index contributed by atoms with van der Waals surface area (Å²) >= 11 is 0. The van der Waals surface area contributed by atoms with E-state index in [4.69, 9.17) is 9.47 Å². The van der Waals surface area contributed by atoms with Crippen LogP contribution >= 0.6 is 0 Å². The van der Waals surface area contributed by atoms with Crippen LogP contribution in [0.5, 0.6) is 0 Å². The standard InChI is InChI=1S/C14H22O2/c1-10-5-4-6-13(8-7-10)14-15-9-11(2)12(3)16-14/h10,13-14H,2-9H2,1H3. The lowest BCUT2D eigenvalue weighted by molar-refractivity contribution is -0.162. The van der Waals surface area contributed by atoms with Crippen LogP contribution in [-0.2, 0) is 9.47 Å². The molecular formula is C14H22O2. The van der Waals surface area contributed by atoms with E-state index in [2.05, 4.69) is 20.1 Å². The Kier molecular flexibility index (Phi) is 3.70. The number of rotatable bonds is 1. The molecule has 1 saturated carbocycles. The van der Waals surface area contributed by atoms with Gasteiger partial charge in [-0.3, -0.25) is 0 Å². The molecule has 3 unspecified atom stereocenters. The second-order valence-electron chi connectivity index (χ2n) is 5.20. The fourth-order valence-electron chi connectivity index (χ4n) is 2.54. The van der Waals surface area contributed by atoms with Crippen LogP contribution in [0.25, 0.3) is 0 Å². The third kappa shape index (κ3) is 2.67. The van der Waals surface area contributed by atoms with Gasteiger partial charge in [-0.15, -0.1) is 0 Å². The summed E-state index contributed by atoms with van der Waals surface area (Å²) in [6, 6.07) is 0. The average molecular weight is 222 g/mol. The molecule has 2 rings (SSSR count). The maximum absolute atomic E-state index is 5.71. The highest BCUT2D eigenvalue weighted by Gasteiger charge is 2.30. The minimum atomic E-state index is -0.0803. The zero-order valence-electron chi connectivity index (χ0n) is 10.2. The van der Waals surface area contributed by atoms with Gasteiger partial charge in [0.1, 0.15) is 5.76 Å². The van der Waals surface area contributed by atoms with Gasteiger partial charge in [-0.2, -0.15) is 0 Å². The molecule has 0 N–H and O–H groups in total. The van der Waals surface area contributed by atoms with E-state index in [-0.39, 0.29) is 6.29 Å². The molecule has 2 heteroatoms. The molecule has 0 aromatic heterocycles. The van der Waals surface area contributed by atoms with Crippen molar-refractivity contribution in [3.8, 4) is 0 Å². The highest BCUT2D eigenvalue weighted by molar-refractivity contribution is 5.21. The van der Waals surface area contributed by atoms with E-state index < -0.39 is 0 Å². The Balaban J connectivity index is 1.92. The van der Waals surface area contributed by atoms with Gasteiger partial charge in [-0.1, -0.05) is 39.3 Å². The van der Waals surface area contributed by atoms with Gasteiger partial charge in [-0.25, -0.2) is 0 Å². The SMILES string of the molecule is C=C1COC(C2CCCC(C)CC2)OC1=C. The van der Waals surface area contributed by atoms with Crippen LogP contribution in [-0.4, -0.2) is 12.9 Å². The summed E-state index contributed by atoms with van der Waals surface area (Å²) < 4.78 is 11.4. The summed E-state index contributed by atoms with van der Waals surface area (Å²) in [6.45, 7) is 10.7. The number of hydrogen-bond acceptors (Lipinski definition) is 2. The molecule has 3 atom stereocenters. The van der Waals surface area contributed by atoms with Crippen molar-refractivity contribution in [2.45, 2.75) is 45.3 Å². The summed E-state index contributed by atoms with van der Waals surface area (Å²) in [4.78, 5) is 0. The summed E-state index contributed by atoms with van der Waals surface area (Å²) in [7, 11) is 0. The van der Waals surface area contributed by atoms with Gasteiger partial charge in [0.2, 0.25) is 6.29 Å². The molecule has 0 amide bonds. The van der Waals surface area contributed by atoms with Crippen molar-refractivity contribution in [3.05, 3.63) is 24.5 Å². The molecule has 2 aliphatic rings. The van der Waals surface area contributed by atoms with Crippen LogP contribution in [0.1, 0.15) is 39.0 Å². The van der Waals surface area contributed by atoms with E-state index in [0.29, 0.717) is 18.3 Å². The molecular weight excluding hydrogens is 200 g/mol. The van der Waals surface area contributed by atoms with E-state index in [9.17, 15) is 0 Å². The number of hydrogen-bond donors (Lipinski definition) is 0. The maximum Gasteiger partial charge on any atom is 0.202 e. The molecule has 2 nitrogen and oxygen atoms in total. The second kappa shape index (κ2) is 5.05. The summed E-state index contributed by atoms with van der Waals surface area (Å²) in [5.41, 5.74) is 0.873. The van der Waals surface area contributed by atoms with Crippen LogP contribution in [0.2, 0.25) is 0 Å². The molecule has 1 saturated heterocycles. The lowest BCUT2D eigenvalue weighted by atomic mass is 9.98. The van der Waals surface area contributed by atoms with Crippen LogP contribution in [0.4, 0.5) is 0 Å². The molecule has 0 radical (unpaired) electrons. The molecule has 1 heterocycles. The Morgan fingerprint density at radius 3 is 2.69 bits per heavy atom. The Bertz CT molecular complexity index is 282. The topological polar surface area (TPSA) is 18.5 Å². The van der Waals surface area contributed by atoms with Crippen LogP contribution in [0.3, 0.4) is 0 Å². The minimum Gasteiger partial charge on any atom is -0.465 e. The highest BCUT2D eigenvalue weighted by atomic mass is 16.7. The van der Waals surface area contributed by atoms with Gasteiger partial charge in [-0.05, 0) is 18.8 Å². The van der Waals surface area contributed by atoms with E-state index in [1.165, 1.54) is 32.1 Å². The smallest absolute Gasteiger partial charge is 0.202 e.